The number of hydrogen-bond donors (Lipinski definition) is 1. The number of carboxylic acid groups (broad SMARTS) is 1. The second-order valence-electron chi connectivity index (χ2n) is 2.72. The zero-order chi connectivity index (χ0) is 10.7. The Kier molecular flexibility index (Phi) is 4.23. The molecule has 1 atom stereocenters. The van der Waals surface area contributed by atoms with E-state index in [1.165, 1.54) is 0 Å². The van der Waals surface area contributed by atoms with Gasteiger partial charge in [-0.1, -0.05) is 51.3 Å². The molecule has 0 saturated carbocycles. The molecule has 0 fully saturated rings. The third-order valence-electron chi connectivity index (χ3n) is 1.70. The molecule has 0 aromatic heterocycles. The first-order valence-electron chi connectivity index (χ1n) is 3.82. The van der Waals surface area contributed by atoms with Gasteiger partial charge in [0.1, 0.15) is 4.83 Å². The Hall–Kier alpha value is -0.250. The smallest absolute Gasteiger partial charge is 0.317 e. The molecule has 1 N–H and O–H groups in total. The highest BCUT2D eigenvalue weighted by Gasteiger charge is 2.15. The van der Waals surface area contributed by atoms with Crippen molar-refractivity contribution in [1.82, 2.24) is 0 Å². The van der Waals surface area contributed by atoms with Gasteiger partial charge in [0.25, 0.3) is 0 Å². The Morgan fingerprint density at radius 2 is 2.14 bits per heavy atom. The van der Waals surface area contributed by atoms with E-state index in [0.717, 1.165) is 5.56 Å². The van der Waals surface area contributed by atoms with E-state index >= 15 is 0 Å². The van der Waals surface area contributed by atoms with Crippen LogP contribution in [0.15, 0.2) is 18.2 Å². The third-order valence-corrected chi connectivity index (χ3v) is 3.27. The Balaban J connectivity index is 2.87. The van der Waals surface area contributed by atoms with E-state index in [1.807, 2.05) is 0 Å². The van der Waals surface area contributed by atoms with Crippen LogP contribution >= 0.6 is 39.1 Å². The average Bonchev–Trinajstić information content (AvgIpc) is 2.12. The minimum atomic E-state index is -0.916. The largest absolute Gasteiger partial charge is 0.480 e. The molecule has 0 radical (unpaired) electrons. The van der Waals surface area contributed by atoms with Gasteiger partial charge in [-0.2, -0.15) is 0 Å². The second-order valence-corrected chi connectivity index (χ2v) is 4.61. The van der Waals surface area contributed by atoms with E-state index in [9.17, 15) is 4.79 Å². The van der Waals surface area contributed by atoms with Gasteiger partial charge < -0.3 is 5.11 Å². The summed E-state index contributed by atoms with van der Waals surface area (Å²) in [6.45, 7) is 0. The summed E-state index contributed by atoms with van der Waals surface area (Å²) in [5, 5.41) is 9.54. The monoisotopic (exact) mass is 296 g/mol. The highest BCUT2D eigenvalue weighted by molar-refractivity contribution is 9.10. The van der Waals surface area contributed by atoms with E-state index in [4.69, 9.17) is 28.3 Å². The summed E-state index contributed by atoms with van der Waals surface area (Å²) >= 11 is 14.7. The van der Waals surface area contributed by atoms with Gasteiger partial charge >= 0.3 is 5.97 Å². The summed E-state index contributed by atoms with van der Waals surface area (Å²) in [5.41, 5.74) is 0.725. The van der Waals surface area contributed by atoms with Crippen molar-refractivity contribution in [3.8, 4) is 0 Å². The molecule has 1 rings (SSSR count). The highest BCUT2D eigenvalue weighted by Crippen LogP contribution is 2.27. The van der Waals surface area contributed by atoms with Gasteiger partial charge in [-0.25, -0.2) is 0 Å². The molecule has 76 valence electrons. The van der Waals surface area contributed by atoms with Crippen molar-refractivity contribution in [3.63, 3.8) is 0 Å². The van der Waals surface area contributed by atoms with Crippen molar-refractivity contribution in [3.05, 3.63) is 33.8 Å². The van der Waals surface area contributed by atoms with E-state index < -0.39 is 10.8 Å². The van der Waals surface area contributed by atoms with Crippen LogP contribution in [0.2, 0.25) is 10.0 Å². The third kappa shape index (κ3) is 2.87. The maximum absolute atomic E-state index is 10.6. The standard InChI is InChI=1S/C9H7BrCl2O2/c10-6(9(13)14)4-5-2-1-3-7(11)8(5)12/h1-3,6H,4H2,(H,13,14)/t6-/m1/s1. The van der Waals surface area contributed by atoms with Crippen LogP contribution in [0, 0.1) is 0 Å². The average molecular weight is 298 g/mol. The molecule has 0 heterocycles. The highest BCUT2D eigenvalue weighted by atomic mass is 79.9. The first-order valence-corrected chi connectivity index (χ1v) is 5.49. The molecule has 0 spiro atoms. The fourth-order valence-corrected chi connectivity index (χ4v) is 1.73. The Bertz CT molecular complexity index is 355. The lowest BCUT2D eigenvalue weighted by molar-refractivity contribution is -0.136. The van der Waals surface area contributed by atoms with Crippen LogP contribution in [0.3, 0.4) is 0 Å². The number of carboxylic acids is 1. The summed E-state index contributed by atoms with van der Waals surface area (Å²) < 4.78 is 0. The zero-order valence-corrected chi connectivity index (χ0v) is 10.1. The second kappa shape index (κ2) is 5.01. The molecule has 1 aromatic carbocycles. The number of hydrogen-bond acceptors (Lipinski definition) is 1. The summed E-state index contributed by atoms with van der Waals surface area (Å²) in [5.74, 6) is -0.916. The van der Waals surface area contributed by atoms with Crippen LogP contribution < -0.4 is 0 Å². The maximum Gasteiger partial charge on any atom is 0.317 e. The van der Waals surface area contributed by atoms with Crippen LogP contribution in [-0.4, -0.2) is 15.9 Å². The summed E-state index contributed by atoms with van der Waals surface area (Å²) in [6, 6.07) is 5.16. The minimum absolute atomic E-state index is 0.314. The van der Waals surface area contributed by atoms with Crippen molar-refractivity contribution < 1.29 is 9.90 Å². The quantitative estimate of drug-likeness (QED) is 0.869. The molecule has 0 bridgehead atoms. The van der Waals surface area contributed by atoms with Crippen molar-refractivity contribution in [2.45, 2.75) is 11.2 Å². The number of rotatable bonds is 3. The normalized spacial score (nSPS) is 12.5. The van der Waals surface area contributed by atoms with Crippen molar-refractivity contribution in [2.75, 3.05) is 0 Å². The molecule has 0 saturated heterocycles. The van der Waals surface area contributed by atoms with Gasteiger partial charge in [-0.15, -0.1) is 0 Å². The van der Waals surface area contributed by atoms with Crippen LogP contribution in [0.4, 0.5) is 0 Å². The lowest BCUT2D eigenvalue weighted by Gasteiger charge is -2.07. The lowest BCUT2D eigenvalue weighted by atomic mass is 10.1. The van der Waals surface area contributed by atoms with E-state index in [1.54, 1.807) is 18.2 Å². The van der Waals surface area contributed by atoms with Crippen LogP contribution in [-0.2, 0) is 11.2 Å². The van der Waals surface area contributed by atoms with Crippen LogP contribution in [0.25, 0.3) is 0 Å². The predicted molar refractivity (Wildman–Crippen MR) is 60.5 cm³/mol. The molecular weight excluding hydrogens is 291 g/mol. The summed E-state index contributed by atoms with van der Waals surface area (Å²) in [6.07, 6.45) is 0.314. The summed E-state index contributed by atoms with van der Waals surface area (Å²) in [4.78, 5) is 9.94. The zero-order valence-electron chi connectivity index (χ0n) is 7.01. The number of benzene rings is 1. The van der Waals surface area contributed by atoms with Gasteiger partial charge in [0.2, 0.25) is 0 Å². The van der Waals surface area contributed by atoms with Gasteiger partial charge in [-0.05, 0) is 18.1 Å². The molecule has 5 heteroatoms. The Labute approximate surface area is 100.0 Å². The number of aliphatic carboxylic acids is 1. The molecule has 1 aromatic rings. The predicted octanol–water partition coefficient (Wildman–Crippen LogP) is 3.38. The fourth-order valence-electron chi connectivity index (χ4n) is 0.986. The molecular formula is C9H7BrCl2O2. The van der Waals surface area contributed by atoms with Crippen molar-refractivity contribution in [2.24, 2.45) is 0 Å². The van der Waals surface area contributed by atoms with E-state index in [0.29, 0.717) is 16.5 Å². The molecule has 0 amide bonds. The number of alkyl halides is 1. The van der Waals surface area contributed by atoms with Gasteiger partial charge in [0.15, 0.2) is 0 Å². The summed E-state index contributed by atoms with van der Waals surface area (Å²) in [7, 11) is 0. The minimum Gasteiger partial charge on any atom is -0.480 e. The first-order chi connectivity index (χ1) is 6.52. The number of halogens is 3. The van der Waals surface area contributed by atoms with Gasteiger partial charge in [0.05, 0.1) is 10.0 Å². The van der Waals surface area contributed by atoms with Crippen LogP contribution in [0.1, 0.15) is 5.56 Å². The van der Waals surface area contributed by atoms with E-state index in [-0.39, 0.29) is 0 Å². The topological polar surface area (TPSA) is 37.3 Å². The molecule has 2 nitrogen and oxygen atoms in total. The molecule has 0 unspecified atom stereocenters. The van der Waals surface area contributed by atoms with Crippen molar-refractivity contribution in [1.29, 1.82) is 0 Å². The first kappa shape index (κ1) is 11.8. The molecule has 0 aliphatic rings. The molecule has 14 heavy (non-hydrogen) atoms. The van der Waals surface area contributed by atoms with Gasteiger partial charge in [-0.3, -0.25) is 4.79 Å². The SMILES string of the molecule is O=C(O)[C@H](Br)Cc1cccc(Cl)c1Cl. The lowest BCUT2D eigenvalue weighted by Crippen LogP contribution is -2.15. The fraction of sp³-hybridized carbons (Fsp3) is 0.222. The maximum atomic E-state index is 10.6. The Morgan fingerprint density at radius 1 is 1.50 bits per heavy atom. The van der Waals surface area contributed by atoms with E-state index in [2.05, 4.69) is 15.9 Å². The van der Waals surface area contributed by atoms with Crippen LogP contribution in [0.5, 0.6) is 0 Å². The van der Waals surface area contributed by atoms with Gasteiger partial charge in [0, 0.05) is 0 Å². The molecule has 0 aliphatic heterocycles. The number of carbonyl (C=O) groups is 1. The van der Waals surface area contributed by atoms with Crippen molar-refractivity contribution >= 4 is 45.1 Å². The molecule has 0 aliphatic carbocycles. The Morgan fingerprint density at radius 3 is 2.71 bits per heavy atom.